The summed E-state index contributed by atoms with van der Waals surface area (Å²) in [4.78, 5) is 0. The second kappa shape index (κ2) is 6.26. The largest absolute Gasteiger partial charge is 0.0622 e. The van der Waals surface area contributed by atoms with E-state index in [1.807, 2.05) is 0 Å². The summed E-state index contributed by atoms with van der Waals surface area (Å²) in [6.07, 6.45) is 8.14. The molecule has 0 bridgehead atoms. The van der Waals surface area contributed by atoms with E-state index >= 15 is 0 Å². The van der Waals surface area contributed by atoms with Crippen molar-refractivity contribution < 1.29 is 0 Å². The van der Waals surface area contributed by atoms with Crippen molar-refractivity contribution in [1.82, 2.24) is 0 Å². The number of hydrogen-bond acceptors (Lipinski definition) is 0. The quantitative estimate of drug-likeness (QED) is 0.641. The van der Waals surface area contributed by atoms with Gasteiger partial charge in [0.2, 0.25) is 0 Å². The zero-order valence-electron chi connectivity index (χ0n) is 12.4. The number of hydrogen-bond donors (Lipinski definition) is 0. The van der Waals surface area contributed by atoms with E-state index in [1.54, 1.807) is 11.1 Å². The Morgan fingerprint density at radius 3 is 2.30 bits per heavy atom. The molecular weight excluding hydrogens is 240 g/mol. The van der Waals surface area contributed by atoms with Crippen LogP contribution in [0.4, 0.5) is 0 Å². The predicted octanol–water partition coefficient (Wildman–Crippen LogP) is 5.96. The topological polar surface area (TPSA) is 0 Å². The Bertz CT molecular complexity index is 548. The van der Waals surface area contributed by atoms with Crippen LogP contribution in [-0.4, -0.2) is 0 Å². The lowest BCUT2D eigenvalue weighted by Gasteiger charge is -2.25. The lowest BCUT2D eigenvalue weighted by molar-refractivity contribution is 0.442. The summed E-state index contributed by atoms with van der Waals surface area (Å²) >= 11 is 0. The normalized spacial score (nSPS) is 16.2. The molecule has 0 radical (unpaired) electrons. The molecule has 0 saturated heterocycles. The van der Waals surface area contributed by atoms with Crippen molar-refractivity contribution in [3.63, 3.8) is 0 Å². The molecule has 0 amide bonds. The minimum atomic E-state index is 0.794. The van der Waals surface area contributed by atoms with Gasteiger partial charge in [-0.25, -0.2) is 0 Å². The van der Waals surface area contributed by atoms with Crippen LogP contribution in [0, 0.1) is 0 Å². The third-order valence-corrected chi connectivity index (χ3v) is 4.70. The highest BCUT2D eigenvalue weighted by Gasteiger charge is 2.19. The van der Waals surface area contributed by atoms with Crippen LogP contribution >= 0.6 is 0 Å². The van der Waals surface area contributed by atoms with E-state index in [1.165, 1.54) is 43.2 Å². The van der Waals surface area contributed by atoms with E-state index in [-0.39, 0.29) is 0 Å². The third kappa shape index (κ3) is 2.65. The van der Waals surface area contributed by atoms with Crippen LogP contribution in [0.3, 0.4) is 0 Å². The first-order valence-electron chi connectivity index (χ1n) is 8.07. The second-order valence-corrected chi connectivity index (χ2v) is 5.93. The first-order valence-corrected chi connectivity index (χ1v) is 8.07. The maximum absolute atomic E-state index is 2.38. The predicted molar refractivity (Wildman–Crippen MR) is 87.1 cm³/mol. The Labute approximate surface area is 122 Å². The summed E-state index contributed by atoms with van der Waals surface area (Å²) in [6.45, 7) is 2.30. The maximum Gasteiger partial charge on any atom is -0.0149 e. The SMILES string of the molecule is CCc1c(-c2ccccc2)cccc1C1CCCCC1. The van der Waals surface area contributed by atoms with Crippen molar-refractivity contribution in [3.8, 4) is 11.1 Å². The van der Waals surface area contributed by atoms with Gasteiger partial charge in [0.05, 0.1) is 0 Å². The Morgan fingerprint density at radius 1 is 0.850 bits per heavy atom. The van der Waals surface area contributed by atoms with Gasteiger partial charge < -0.3 is 0 Å². The van der Waals surface area contributed by atoms with E-state index in [0.29, 0.717) is 0 Å². The molecule has 20 heavy (non-hydrogen) atoms. The van der Waals surface area contributed by atoms with Crippen molar-refractivity contribution in [3.05, 3.63) is 59.7 Å². The molecule has 104 valence electrons. The Morgan fingerprint density at radius 2 is 1.60 bits per heavy atom. The molecule has 0 unspecified atom stereocenters. The average Bonchev–Trinajstić information content (AvgIpc) is 2.55. The minimum absolute atomic E-state index is 0.794. The monoisotopic (exact) mass is 264 g/mol. The van der Waals surface area contributed by atoms with Crippen LogP contribution in [0.5, 0.6) is 0 Å². The molecule has 0 aliphatic heterocycles. The highest BCUT2D eigenvalue weighted by molar-refractivity contribution is 5.69. The van der Waals surface area contributed by atoms with Crippen molar-refractivity contribution in [2.45, 2.75) is 51.4 Å². The zero-order chi connectivity index (χ0) is 13.8. The van der Waals surface area contributed by atoms with Crippen LogP contribution in [0.15, 0.2) is 48.5 Å². The Kier molecular flexibility index (Phi) is 4.20. The summed E-state index contributed by atoms with van der Waals surface area (Å²) in [6, 6.07) is 17.8. The van der Waals surface area contributed by atoms with E-state index < -0.39 is 0 Å². The molecule has 1 fully saturated rings. The van der Waals surface area contributed by atoms with Gasteiger partial charge in [-0.15, -0.1) is 0 Å². The van der Waals surface area contributed by atoms with Crippen LogP contribution in [0.25, 0.3) is 11.1 Å². The van der Waals surface area contributed by atoms with Gasteiger partial charge in [-0.05, 0) is 47.4 Å². The smallest absolute Gasteiger partial charge is 0.0149 e. The summed E-state index contributed by atoms with van der Waals surface area (Å²) < 4.78 is 0. The van der Waals surface area contributed by atoms with Crippen LogP contribution in [0.1, 0.15) is 56.1 Å². The standard InChI is InChI=1S/C20H24/c1-2-18-19(16-10-5-3-6-11-16)14-9-15-20(18)17-12-7-4-8-13-17/h3,5-6,9-11,14-15,17H,2,4,7-8,12-13H2,1H3. The average molecular weight is 264 g/mol. The van der Waals surface area contributed by atoms with Gasteiger partial charge in [0.1, 0.15) is 0 Å². The molecule has 0 aromatic heterocycles. The molecule has 0 nitrogen and oxygen atoms in total. The molecule has 2 aromatic rings. The fourth-order valence-electron chi connectivity index (χ4n) is 3.68. The highest BCUT2D eigenvalue weighted by Crippen LogP contribution is 2.37. The van der Waals surface area contributed by atoms with Gasteiger partial charge in [0.15, 0.2) is 0 Å². The Hall–Kier alpha value is -1.56. The van der Waals surface area contributed by atoms with Gasteiger partial charge in [-0.3, -0.25) is 0 Å². The summed E-state index contributed by atoms with van der Waals surface area (Å²) in [5.41, 5.74) is 6.00. The molecule has 0 spiro atoms. The van der Waals surface area contributed by atoms with Gasteiger partial charge in [-0.2, -0.15) is 0 Å². The van der Waals surface area contributed by atoms with Gasteiger partial charge in [0, 0.05) is 0 Å². The van der Waals surface area contributed by atoms with Crippen molar-refractivity contribution in [2.24, 2.45) is 0 Å². The third-order valence-electron chi connectivity index (χ3n) is 4.70. The maximum atomic E-state index is 2.38. The molecule has 1 saturated carbocycles. The molecule has 0 N–H and O–H groups in total. The lowest BCUT2D eigenvalue weighted by Crippen LogP contribution is -2.08. The molecule has 3 rings (SSSR count). The molecule has 0 heterocycles. The first-order chi connectivity index (χ1) is 9.90. The summed E-state index contributed by atoms with van der Waals surface area (Å²) in [5, 5.41) is 0. The summed E-state index contributed by atoms with van der Waals surface area (Å²) in [5.74, 6) is 0.794. The van der Waals surface area contributed by atoms with Crippen molar-refractivity contribution in [1.29, 1.82) is 0 Å². The van der Waals surface area contributed by atoms with Gasteiger partial charge in [-0.1, -0.05) is 74.7 Å². The minimum Gasteiger partial charge on any atom is -0.0622 e. The zero-order valence-corrected chi connectivity index (χ0v) is 12.4. The Balaban J connectivity index is 2.03. The molecule has 1 aliphatic carbocycles. The highest BCUT2D eigenvalue weighted by atomic mass is 14.2. The van der Waals surface area contributed by atoms with E-state index in [2.05, 4.69) is 55.5 Å². The van der Waals surface area contributed by atoms with E-state index in [9.17, 15) is 0 Å². The molecule has 2 aromatic carbocycles. The van der Waals surface area contributed by atoms with E-state index in [0.717, 1.165) is 12.3 Å². The first kappa shape index (κ1) is 13.4. The molecule has 1 aliphatic rings. The van der Waals surface area contributed by atoms with Crippen LogP contribution in [-0.2, 0) is 6.42 Å². The number of benzene rings is 2. The number of rotatable bonds is 3. The summed E-state index contributed by atoms with van der Waals surface area (Å²) in [7, 11) is 0. The fraction of sp³-hybridized carbons (Fsp3) is 0.400. The van der Waals surface area contributed by atoms with Crippen LogP contribution < -0.4 is 0 Å². The van der Waals surface area contributed by atoms with Crippen LogP contribution in [0.2, 0.25) is 0 Å². The van der Waals surface area contributed by atoms with Gasteiger partial charge in [0.25, 0.3) is 0 Å². The van der Waals surface area contributed by atoms with E-state index in [4.69, 9.17) is 0 Å². The van der Waals surface area contributed by atoms with Crippen molar-refractivity contribution >= 4 is 0 Å². The molecular formula is C20H24. The van der Waals surface area contributed by atoms with Gasteiger partial charge >= 0.3 is 0 Å². The lowest BCUT2D eigenvalue weighted by atomic mass is 9.80. The molecule has 0 atom stereocenters. The fourth-order valence-corrected chi connectivity index (χ4v) is 3.68. The molecule has 0 heteroatoms. The second-order valence-electron chi connectivity index (χ2n) is 5.93. The van der Waals surface area contributed by atoms with Crippen molar-refractivity contribution in [2.75, 3.05) is 0 Å².